The van der Waals surface area contributed by atoms with Gasteiger partial charge in [0.25, 0.3) is 11.8 Å². The number of rotatable bonds is 8. The minimum atomic E-state index is -0.264. The molecule has 0 fully saturated rings. The molecule has 2 amide bonds. The van der Waals surface area contributed by atoms with E-state index in [9.17, 15) is 9.59 Å². The zero-order valence-electron chi connectivity index (χ0n) is 14.7. The second-order valence-electron chi connectivity index (χ2n) is 5.67. The summed E-state index contributed by atoms with van der Waals surface area (Å²) in [5.41, 5.74) is 1.53. The first kappa shape index (κ1) is 18.5. The van der Waals surface area contributed by atoms with E-state index in [-0.39, 0.29) is 11.8 Å². The van der Waals surface area contributed by atoms with Crippen molar-refractivity contribution in [2.24, 2.45) is 0 Å². The molecule has 0 saturated heterocycles. The predicted molar refractivity (Wildman–Crippen MR) is 99.2 cm³/mol. The van der Waals surface area contributed by atoms with Crippen LogP contribution in [0.3, 0.4) is 0 Å². The van der Waals surface area contributed by atoms with E-state index in [1.165, 1.54) is 0 Å². The van der Waals surface area contributed by atoms with Crippen LogP contribution in [-0.2, 0) is 0 Å². The van der Waals surface area contributed by atoms with Crippen LogP contribution >= 0.6 is 0 Å². The molecule has 0 aliphatic rings. The predicted octanol–water partition coefficient (Wildman–Crippen LogP) is 3.87. The van der Waals surface area contributed by atoms with Gasteiger partial charge in [0, 0.05) is 18.3 Å². The number of carbonyl (C=O) groups excluding carboxylic acids is 2. The van der Waals surface area contributed by atoms with Crippen LogP contribution in [0.4, 0.5) is 5.69 Å². The zero-order chi connectivity index (χ0) is 18.1. The van der Waals surface area contributed by atoms with E-state index >= 15 is 0 Å². The van der Waals surface area contributed by atoms with E-state index in [0.29, 0.717) is 29.2 Å². The third kappa shape index (κ3) is 5.35. The van der Waals surface area contributed by atoms with E-state index in [2.05, 4.69) is 17.6 Å². The highest BCUT2D eigenvalue weighted by molar-refractivity contribution is 6.06. The second-order valence-corrected chi connectivity index (χ2v) is 5.67. The number of hydrogen-bond acceptors (Lipinski definition) is 3. The van der Waals surface area contributed by atoms with Gasteiger partial charge >= 0.3 is 0 Å². The van der Waals surface area contributed by atoms with Crippen molar-refractivity contribution in [1.29, 1.82) is 0 Å². The molecule has 0 aromatic heterocycles. The van der Waals surface area contributed by atoms with Crippen molar-refractivity contribution in [3.8, 4) is 5.75 Å². The van der Waals surface area contributed by atoms with Crippen LogP contribution in [0.2, 0.25) is 0 Å². The Labute approximate surface area is 148 Å². The van der Waals surface area contributed by atoms with Crippen LogP contribution in [0.15, 0.2) is 48.5 Å². The number of ether oxygens (including phenoxy) is 1. The molecule has 0 unspecified atom stereocenters. The number of para-hydroxylation sites is 1. The van der Waals surface area contributed by atoms with Gasteiger partial charge in [-0.15, -0.1) is 0 Å². The van der Waals surface area contributed by atoms with E-state index in [0.717, 1.165) is 19.3 Å². The molecular formula is C20H24N2O3. The van der Waals surface area contributed by atoms with Gasteiger partial charge in [0.2, 0.25) is 0 Å². The monoisotopic (exact) mass is 340 g/mol. The van der Waals surface area contributed by atoms with E-state index in [1.807, 2.05) is 6.07 Å². The Morgan fingerprint density at radius 1 is 1.00 bits per heavy atom. The molecule has 0 bridgehead atoms. The van der Waals surface area contributed by atoms with Crippen LogP contribution < -0.4 is 15.4 Å². The van der Waals surface area contributed by atoms with Gasteiger partial charge in [-0.25, -0.2) is 0 Å². The van der Waals surface area contributed by atoms with Crippen molar-refractivity contribution < 1.29 is 14.3 Å². The van der Waals surface area contributed by atoms with Crippen molar-refractivity contribution in [3.63, 3.8) is 0 Å². The number of amides is 2. The maximum absolute atomic E-state index is 12.6. The third-order valence-corrected chi connectivity index (χ3v) is 3.75. The van der Waals surface area contributed by atoms with Crippen LogP contribution in [0.1, 0.15) is 46.9 Å². The molecule has 2 rings (SSSR count). The first-order valence-electron chi connectivity index (χ1n) is 8.51. The highest BCUT2D eigenvalue weighted by Crippen LogP contribution is 2.20. The Kier molecular flexibility index (Phi) is 7.01. The smallest absolute Gasteiger partial charge is 0.259 e. The first-order chi connectivity index (χ1) is 12.2. The number of unbranched alkanes of at least 4 members (excludes halogenated alkanes) is 2. The molecule has 2 aromatic carbocycles. The molecule has 0 aliphatic carbocycles. The van der Waals surface area contributed by atoms with Gasteiger partial charge in [-0.05, 0) is 36.8 Å². The second kappa shape index (κ2) is 9.47. The molecule has 2 aromatic rings. The molecule has 5 nitrogen and oxygen atoms in total. The molecule has 25 heavy (non-hydrogen) atoms. The maximum atomic E-state index is 12.6. The van der Waals surface area contributed by atoms with Crippen molar-refractivity contribution in [2.45, 2.75) is 26.2 Å². The van der Waals surface area contributed by atoms with E-state index in [1.54, 1.807) is 49.5 Å². The highest BCUT2D eigenvalue weighted by Gasteiger charge is 2.13. The lowest BCUT2D eigenvalue weighted by Crippen LogP contribution is -2.18. The molecule has 5 heteroatoms. The Morgan fingerprint density at radius 3 is 2.56 bits per heavy atom. The molecule has 2 N–H and O–H groups in total. The summed E-state index contributed by atoms with van der Waals surface area (Å²) in [7, 11) is 1.57. The Balaban J connectivity index is 2.09. The van der Waals surface area contributed by atoms with Gasteiger partial charge in [-0.2, -0.15) is 0 Å². The summed E-state index contributed by atoms with van der Waals surface area (Å²) in [6.45, 7) is 2.72. The van der Waals surface area contributed by atoms with Gasteiger partial charge in [0.15, 0.2) is 0 Å². The van der Waals surface area contributed by atoms with Gasteiger partial charge in [-0.3, -0.25) is 9.59 Å². The van der Waals surface area contributed by atoms with Crippen molar-refractivity contribution in [2.75, 3.05) is 19.0 Å². The molecule has 0 atom stereocenters. The summed E-state index contributed by atoms with van der Waals surface area (Å²) in [5, 5.41) is 5.39. The van der Waals surface area contributed by atoms with Crippen LogP contribution in [0.25, 0.3) is 0 Å². The number of nitrogens with one attached hydrogen (secondary N) is 2. The molecule has 0 aliphatic heterocycles. The van der Waals surface area contributed by atoms with Crippen molar-refractivity contribution in [1.82, 2.24) is 5.32 Å². The zero-order valence-corrected chi connectivity index (χ0v) is 14.7. The number of anilines is 1. The van der Waals surface area contributed by atoms with Crippen LogP contribution in [0.5, 0.6) is 5.75 Å². The minimum Gasteiger partial charge on any atom is -0.493 e. The highest BCUT2D eigenvalue weighted by atomic mass is 16.5. The molecule has 0 saturated carbocycles. The Hall–Kier alpha value is -2.82. The standard InChI is InChI=1S/C20H24N2O3/c1-3-4-7-13-25-18-12-6-5-11-17(18)20(24)22-16-10-8-9-15(14-16)19(23)21-2/h5-6,8-12,14H,3-4,7,13H2,1-2H3,(H,21,23)(H,22,24). The molecular weight excluding hydrogens is 316 g/mol. The quantitative estimate of drug-likeness (QED) is 0.717. The minimum absolute atomic E-state index is 0.198. The van der Waals surface area contributed by atoms with Crippen molar-refractivity contribution in [3.05, 3.63) is 59.7 Å². The average Bonchev–Trinajstić information content (AvgIpc) is 2.65. The van der Waals surface area contributed by atoms with Crippen LogP contribution in [-0.4, -0.2) is 25.5 Å². The fraction of sp³-hybridized carbons (Fsp3) is 0.300. The third-order valence-electron chi connectivity index (χ3n) is 3.75. The lowest BCUT2D eigenvalue weighted by Gasteiger charge is -2.12. The Morgan fingerprint density at radius 2 is 1.80 bits per heavy atom. The van der Waals surface area contributed by atoms with Gasteiger partial charge in [0.1, 0.15) is 5.75 Å². The van der Waals surface area contributed by atoms with Gasteiger partial charge in [0.05, 0.1) is 12.2 Å². The average molecular weight is 340 g/mol. The first-order valence-corrected chi connectivity index (χ1v) is 8.51. The summed E-state index contributed by atoms with van der Waals surface area (Å²) >= 11 is 0. The van der Waals surface area contributed by atoms with Gasteiger partial charge < -0.3 is 15.4 Å². The number of benzene rings is 2. The van der Waals surface area contributed by atoms with Crippen LogP contribution in [0, 0.1) is 0 Å². The summed E-state index contributed by atoms with van der Waals surface area (Å²) in [6.07, 6.45) is 3.18. The summed E-state index contributed by atoms with van der Waals surface area (Å²) in [4.78, 5) is 24.3. The maximum Gasteiger partial charge on any atom is 0.259 e. The lowest BCUT2D eigenvalue weighted by atomic mass is 10.1. The lowest BCUT2D eigenvalue weighted by molar-refractivity contribution is 0.0961. The fourth-order valence-electron chi connectivity index (χ4n) is 2.40. The number of hydrogen-bond donors (Lipinski definition) is 2. The number of carbonyl (C=O) groups is 2. The molecule has 132 valence electrons. The van der Waals surface area contributed by atoms with Gasteiger partial charge in [-0.1, -0.05) is 38.0 Å². The molecule has 0 spiro atoms. The normalized spacial score (nSPS) is 10.2. The summed E-state index contributed by atoms with van der Waals surface area (Å²) in [6, 6.07) is 14.0. The van der Waals surface area contributed by atoms with E-state index in [4.69, 9.17) is 4.74 Å². The Bertz CT molecular complexity index is 728. The SMILES string of the molecule is CCCCCOc1ccccc1C(=O)Nc1cccc(C(=O)NC)c1. The molecule has 0 heterocycles. The summed E-state index contributed by atoms with van der Waals surface area (Å²) in [5.74, 6) is 0.106. The van der Waals surface area contributed by atoms with E-state index < -0.39 is 0 Å². The molecule has 0 radical (unpaired) electrons. The topological polar surface area (TPSA) is 67.4 Å². The largest absolute Gasteiger partial charge is 0.493 e. The fourth-order valence-corrected chi connectivity index (χ4v) is 2.40. The van der Waals surface area contributed by atoms with Crippen molar-refractivity contribution >= 4 is 17.5 Å². The summed E-state index contributed by atoms with van der Waals surface area (Å²) < 4.78 is 5.75.